The summed E-state index contributed by atoms with van der Waals surface area (Å²) in [6.45, 7) is 8.54. The molecule has 2 aliphatic rings. The number of nitrogens with one attached hydrogen (secondary N) is 1. The average Bonchev–Trinajstić information content (AvgIpc) is 2.95. The van der Waals surface area contributed by atoms with Crippen LogP contribution in [0, 0.1) is 5.92 Å². The van der Waals surface area contributed by atoms with E-state index in [1.165, 1.54) is 64.6 Å². The van der Waals surface area contributed by atoms with Gasteiger partial charge in [-0.25, -0.2) is 0 Å². The van der Waals surface area contributed by atoms with Crippen molar-refractivity contribution in [1.29, 1.82) is 0 Å². The molecule has 2 fully saturated rings. The van der Waals surface area contributed by atoms with Crippen LogP contribution in [-0.2, 0) is 0 Å². The SMILES string of the molecule is CCCNC1CCC(N2CCC(CCC)C2)C1. The third-order valence-electron chi connectivity index (χ3n) is 4.62. The molecule has 0 bridgehead atoms. The topological polar surface area (TPSA) is 15.3 Å². The van der Waals surface area contributed by atoms with Gasteiger partial charge < -0.3 is 10.2 Å². The minimum atomic E-state index is 0.810. The average molecular weight is 238 g/mol. The Morgan fingerprint density at radius 2 is 2.00 bits per heavy atom. The third-order valence-corrected chi connectivity index (χ3v) is 4.62. The van der Waals surface area contributed by atoms with Crippen molar-refractivity contribution in [2.24, 2.45) is 5.92 Å². The van der Waals surface area contributed by atoms with E-state index in [0.717, 1.165) is 18.0 Å². The van der Waals surface area contributed by atoms with Gasteiger partial charge in [-0.1, -0.05) is 20.3 Å². The van der Waals surface area contributed by atoms with Gasteiger partial charge in [0.05, 0.1) is 0 Å². The maximum atomic E-state index is 3.69. The second kappa shape index (κ2) is 6.75. The fourth-order valence-electron chi connectivity index (χ4n) is 3.66. The van der Waals surface area contributed by atoms with Crippen LogP contribution in [0.5, 0.6) is 0 Å². The molecule has 0 amide bonds. The monoisotopic (exact) mass is 238 g/mol. The van der Waals surface area contributed by atoms with Gasteiger partial charge >= 0.3 is 0 Å². The fraction of sp³-hybridized carbons (Fsp3) is 1.00. The van der Waals surface area contributed by atoms with E-state index in [9.17, 15) is 0 Å². The molecule has 0 aromatic heterocycles. The van der Waals surface area contributed by atoms with Gasteiger partial charge in [-0.3, -0.25) is 0 Å². The molecule has 1 saturated carbocycles. The molecule has 1 heterocycles. The van der Waals surface area contributed by atoms with Crippen molar-refractivity contribution < 1.29 is 0 Å². The molecule has 1 aliphatic carbocycles. The molecule has 2 nitrogen and oxygen atoms in total. The van der Waals surface area contributed by atoms with Crippen LogP contribution in [0.25, 0.3) is 0 Å². The molecule has 1 aliphatic heterocycles. The van der Waals surface area contributed by atoms with E-state index in [-0.39, 0.29) is 0 Å². The van der Waals surface area contributed by atoms with Crippen LogP contribution in [0.2, 0.25) is 0 Å². The molecule has 1 saturated heterocycles. The summed E-state index contributed by atoms with van der Waals surface area (Å²) < 4.78 is 0. The fourth-order valence-corrected chi connectivity index (χ4v) is 3.66. The Morgan fingerprint density at radius 1 is 1.12 bits per heavy atom. The first-order valence-electron chi connectivity index (χ1n) is 7.80. The maximum absolute atomic E-state index is 3.69. The lowest BCUT2D eigenvalue weighted by Gasteiger charge is -2.24. The second-order valence-corrected chi connectivity index (χ2v) is 6.06. The third kappa shape index (κ3) is 3.69. The van der Waals surface area contributed by atoms with E-state index in [2.05, 4.69) is 24.1 Å². The van der Waals surface area contributed by atoms with Gasteiger partial charge in [-0.05, 0) is 57.5 Å². The summed E-state index contributed by atoms with van der Waals surface area (Å²) in [5.41, 5.74) is 0. The lowest BCUT2D eigenvalue weighted by Crippen LogP contribution is -2.34. The lowest BCUT2D eigenvalue weighted by atomic mass is 10.0. The molecule has 3 unspecified atom stereocenters. The number of hydrogen-bond donors (Lipinski definition) is 1. The zero-order valence-electron chi connectivity index (χ0n) is 11.8. The van der Waals surface area contributed by atoms with E-state index in [1.54, 1.807) is 0 Å². The number of nitrogens with zero attached hydrogens (tertiary/aromatic N) is 1. The van der Waals surface area contributed by atoms with Gasteiger partial charge in [-0.2, -0.15) is 0 Å². The van der Waals surface area contributed by atoms with Gasteiger partial charge in [0.1, 0.15) is 0 Å². The van der Waals surface area contributed by atoms with Crippen molar-refractivity contribution in [3.05, 3.63) is 0 Å². The molecule has 2 rings (SSSR count). The highest BCUT2D eigenvalue weighted by atomic mass is 15.2. The van der Waals surface area contributed by atoms with Crippen LogP contribution in [-0.4, -0.2) is 36.6 Å². The normalized spacial score (nSPS) is 34.6. The zero-order valence-corrected chi connectivity index (χ0v) is 11.8. The van der Waals surface area contributed by atoms with E-state index in [0.29, 0.717) is 0 Å². The lowest BCUT2D eigenvalue weighted by molar-refractivity contribution is 0.232. The first-order chi connectivity index (χ1) is 8.33. The van der Waals surface area contributed by atoms with Gasteiger partial charge in [0.2, 0.25) is 0 Å². The van der Waals surface area contributed by atoms with Crippen LogP contribution in [0.15, 0.2) is 0 Å². The van der Waals surface area contributed by atoms with E-state index in [1.807, 2.05) is 0 Å². The summed E-state index contributed by atoms with van der Waals surface area (Å²) in [5, 5.41) is 3.69. The van der Waals surface area contributed by atoms with Crippen molar-refractivity contribution in [1.82, 2.24) is 10.2 Å². The predicted octanol–water partition coefficient (Wildman–Crippen LogP) is 3.03. The summed E-state index contributed by atoms with van der Waals surface area (Å²) >= 11 is 0. The highest BCUT2D eigenvalue weighted by molar-refractivity contribution is 4.90. The summed E-state index contributed by atoms with van der Waals surface area (Å²) in [4.78, 5) is 2.79. The van der Waals surface area contributed by atoms with Crippen molar-refractivity contribution in [2.75, 3.05) is 19.6 Å². The van der Waals surface area contributed by atoms with Gasteiger partial charge in [0.25, 0.3) is 0 Å². The number of hydrogen-bond acceptors (Lipinski definition) is 2. The van der Waals surface area contributed by atoms with Crippen molar-refractivity contribution in [2.45, 2.75) is 70.9 Å². The largest absolute Gasteiger partial charge is 0.314 e. The minimum absolute atomic E-state index is 0.810. The predicted molar refractivity (Wildman–Crippen MR) is 74.3 cm³/mol. The maximum Gasteiger partial charge on any atom is 0.0111 e. The standard InChI is InChI=1S/C15H30N2/c1-3-5-13-8-10-17(12-13)15-7-6-14(11-15)16-9-4-2/h13-16H,3-12H2,1-2H3. The minimum Gasteiger partial charge on any atom is -0.314 e. The first-order valence-corrected chi connectivity index (χ1v) is 7.80. The van der Waals surface area contributed by atoms with E-state index >= 15 is 0 Å². The highest BCUT2D eigenvalue weighted by Gasteiger charge is 2.32. The summed E-state index contributed by atoms with van der Waals surface area (Å²) in [6.07, 6.45) is 9.77. The molecule has 0 radical (unpaired) electrons. The van der Waals surface area contributed by atoms with Crippen LogP contribution in [0.3, 0.4) is 0 Å². The Balaban J connectivity index is 1.70. The summed E-state index contributed by atoms with van der Waals surface area (Å²) in [6, 6.07) is 1.70. The van der Waals surface area contributed by atoms with Crippen LogP contribution in [0.1, 0.15) is 58.8 Å². The Kier molecular flexibility index (Phi) is 5.30. The highest BCUT2D eigenvalue weighted by Crippen LogP contribution is 2.30. The Morgan fingerprint density at radius 3 is 2.76 bits per heavy atom. The van der Waals surface area contributed by atoms with E-state index in [4.69, 9.17) is 0 Å². The Bertz CT molecular complexity index is 217. The molecule has 17 heavy (non-hydrogen) atoms. The van der Waals surface area contributed by atoms with Crippen molar-refractivity contribution in [3.63, 3.8) is 0 Å². The molecule has 0 aromatic carbocycles. The number of likely N-dealkylation sites (tertiary alicyclic amines) is 1. The Hall–Kier alpha value is -0.0800. The van der Waals surface area contributed by atoms with Crippen molar-refractivity contribution >= 4 is 0 Å². The van der Waals surface area contributed by atoms with Crippen molar-refractivity contribution in [3.8, 4) is 0 Å². The second-order valence-electron chi connectivity index (χ2n) is 6.06. The quantitative estimate of drug-likeness (QED) is 0.765. The van der Waals surface area contributed by atoms with Crippen LogP contribution in [0.4, 0.5) is 0 Å². The van der Waals surface area contributed by atoms with E-state index < -0.39 is 0 Å². The van der Waals surface area contributed by atoms with Gasteiger partial charge in [0, 0.05) is 18.6 Å². The van der Waals surface area contributed by atoms with Crippen LogP contribution >= 0.6 is 0 Å². The molecule has 1 N–H and O–H groups in total. The summed E-state index contributed by atoms with van der Waals surface area (Å²) in [5.74, 6) is 1.00. The van der Waals surface area contributed by atoms with Gasteiger partial charge in [-0.15, -0.1) is 0 Å². The van der Waals surface area contributed by atoms with Crippen LogP contribution < -0.4 is 5.32 Å². The molecular weight excluding hydrogens is 208 g/mol. The molecular formula is C15H30N2. The molecule has 2 heteroatoms. The molecule has 3 atom stereocenters. The molecule has 100 valence electrons. The smallest absolute Gasteiger partial charge is 0.0111 e. The Labute approximate surface area is 107 Å². The zero-order chi connectivity index (χ0) is 12.1. The summed E-state index contributed by atoms with van der Waals surface area (Å²) in [7, 11) is 0. The van der Waals surface area contributed by atoms with Gasteiger partial charge in [0.15, 0.2) is 0 Å². The molecule has 0 spiro atoms. The number of rotatable bonds is 6. The molecule has 0 aromatic rings. The first kappa shape index (κ1) is 13.4.